The molecule has 2 aromatic rings. The summed E-state index contributed by atoms with van der Waals surface area (Å²) in [5, 5.41) is 0. The summed E-state index contributed by atoms with van der Waals surface area (Å²) in [4.78, 5) is 15.6. The maximum Gasteiger partial charge on any atom is 0.0810 e. The van der Waals surface area contributed by atoms with E-state index in [0.29, 0.717) is 35.5 Å². The highest BCUT2D eigenvalue weighted by atomic mass is 14.9. The molecule has 1 aliphatic rings. The van der Waals surface area contributed by atoms with Crippen molar-refractivity contribution in [3.8, 4) is 0 Å². The lowest BCUT2D eigenvalue weighted by molar-refractivity contribution is 0.805. The van der Waals surface area contributed by atoms with Crippen molar-refractivity contribution in [3.05, 3.63) is 69.4 Å². The average Bonchev–Trinajstić information content (AvgIpc) is 3.38. The molecule has 41 heavy (non-hydrogen) atoms. The Morgan fingerprint density at radius 3 is 1.20 bits per heavy atom. The van der Waals surface area contributed by atoms with E-state index >= 15 is 0 Å². The number of allylic oxidation sites excluding steroid dienone is 2. The number of nitrogens with zero attached hydrogens (tertiary/aromatic N) is 3. The van der Waals surface area contributed by atoms with Gasteiger partial charge in [0, 0.05) is 6.42 Å². The summed E-state index contributed by atoms with van der Waals surface area (Å²) in [6.07, 6.45) is 3.00. The summed E-state index contributed by atoms with van der Waals surface area (Å²) >= 11 is 0. The van der Waals surface area contributed by atoms with Gasteiger partial charge in [0.1, 0.15) is 0 Å². The van der Waals surface area contributed by atoms with Gasteiger partial charge in [0.15, 0.2) is 0 Å². The summed E-state index contributed by atoms with van der Waals surface area (Å²) < 4.78 is 0. The molecule has 3 heteroatoms. The molecule has 0 saturated carbocycles. The molecule has 3 nitrogen and oxygen atoms in total. The van der Waals surface area contributed by atoms with E-state index in [1.165, 1.54) is 33.4 Å². The van der Waals surface area contributed by atoms with E-state index in [1.54, 1.807) is 0 Å². The predicted octanol–water partition coefficient (Wildman–Crippen LogP) is 12.0. The van der Waals surface area contributed by atoms with E-state index in [0.717, 1.165) is 40.6 Å². The van der Waals surface area contributed by atoms with Gasteiger partial charge in [0.25, 0.3) is 0 Å². The Labute approximate surface area is 251 Å². The van der Waals surface area contributed by atoms with Crippen LogP contribution in [0.4, 0.5) is 11.4 Å². The fourth-order valence-corrected chi connectivity index (χ4v) is 5.44. The van der Waals surface area contributed by atoms with E-state index in [-0.39, 0.29) is 0 Å². The van der Waals surface area contributed by atoms with E-state index < -0.39 is 0 Å². The van der Waals surface area contributed by atoms with Gasteiger partial charge in [-0.15, -0.1) is 0 Å². The second-order valence-electron chi connectivity index (χ2n) is 13.8. The molecule has 0 atom stereocenters. The van der Waals surface area contributed by atoms with Crippen LogP contribution in [0, 0.1) is 0 Å². The van der Waals surface area contributed by atoms with Crippen molar-refractivity contribution < 1.29 is 0 Å². The largest absolute Gasteiger partial charge is 0.251 e. The zero-order valence-electron chi connectivity index (χ0n) is 28.4. The molecule has 0 radical (unpaired) electrons. The van der Waals surface area contributed by atoms with Gasteiger partial charge in [0.05, 0.1) is 34.2 Å². The summed E-state index contributed by atoms with van der Waals surface area (Å²) in [6, 6.07) is 9.47. The smallest absolute Gasteiger partial charge is 0.0810 e. The van der Waals surface area contributed by atoms with Crippen molar-refractivity contribution in [1.29, 1.82) is 0 Å². The van der Waals surface area contributed by atoms with Gasteiger partial charge >= 0.3 is 0 Å². The first kappa shape index (κ1) is 32.7. The fourth-order valence-electron chi connectivity index (χ4n) is 5.44. The van der Waals surface area contributed by atoms with E-state index in [1.807, 2.05) is 0 Å². The van der Waals surface area contributed by atoms with E-state index in [4.69, 9.17) is 15.0 Å². The molecule has 0 saturated heterocycles. The minimum Gasteiger partial charge on any atom is -0.251 e. The zero-order chi connectivity index (χ0) is 30.8. The first-order valence-corrected chi connectivity index (χ1v) is 15.9. The average molecular weight is 554 g/mol. The monoisotopic (exact) mass is 553 g/mol. The van der Waals surface area contributed by atoms with Crippen LogP contribution in [0.3, 0.4) is 0 Å². The van der Waals surface area contributed by atoms with Gasteiger partial charge in [-0.05, 0) is 82.7 Å². The molecule has 0 bridgehead atoms. The molecular weight excluding hydrogens is 498 g/mol. The van der Waals surface area contributed by atoms with Crippen LogP contribution in [-0.4, -0.2) is 17.1 Å². The molecule has 0 aliphatic carbocycles. The van der Waals surface area contributed by atoms with Gasteiger partial charge in [-0.3, -0.25) is 9.98 Å². The molecule has 0 spiro atoms. The van der Waals surface area contributed by atoms with Crippen molar-refractivity contribution in [3.63, 3.8) is 0 Å². The Kier molecular flexibility index (Phi) is 10.7. The van der Waals surface area contributed by atoms with E-state index in [2.05, 4.69) is 127 Å². The number of rotatable bonds is 10. The molecule has 3 rings (SSSR count). The predicted molar refractivity (Wildman–Crippen MR) is 183 cm³/mol. The van der Waals surface area contributed by atoms with Crippen LogP contribution in [0.15, 0.2) is 51.0 Å². The second-order valence-corrected chi connectivity index (χ2v) is 13.8. The van der Waals surface area contributed by atoms with Crippen LogP contribution in [0.1, 0.15) is 172 Å². The molecule has 0 amide bonds. The lowest BCUT2D eigenvalue weighted by Crippen LogP contribution is -2.09. The topological polar surface area (TPSA) is 37.1 Å². The SMILES string of the molecule is CC(=Nc1c(C(C)C)cc(C(C)C)cc1C(C)C)C1=CCC(C(C)=Nc2c(C(C)C)cc(C(C)C)cc2C(C)C)=N1. The minimum atomic E-state index is 0.399. The van der Waals surface area contributed by atoms with Gasteiger partial charge in [-0.2, -0.15) is 0 Å². The molecule has 0 unspecified atom stereocenters. The number of aliphatic imine (C=N–C) groups is 3. The number of benzene rings is 2. The highest BCUT2D eigenvalue weighted by Crippen LogP contribution is 2.40. The summed E-state index contributed by atoms with van der Waals surface area (Å²) in [5.41, 5.74) is 14.3. The lowest BCUT2D eigenvalue weighted by atomic mass is 9.87. The van der Waals surface area contributed by atoms with Crippen LogP contribution in [0.25, 0.3) is 0 Å². The van der Waals surface area contributed by atoms with Crippen molar-refractivity contribution in [2.24, 2.45) is 15.0 Å². The first-order chi connectivity index (χ1) is 19.1. The molecule has 2 aromatic carbocycles. The van der Waals surface area contributed by atoms with Crippen LogP contribution in [0.2, 0.25) is 0 Å². The minimum absolute atomic E-state index is 0.399. The Morgan fingerprint density at radius 2 is 0.878 bits per heavy atom. The molecule has 222 valence electrons. The van der Waals surface area contributed by atoms with Gasteiger partial charge in [-0.1, -0.05) is 113 Å². The molecule has 0 N–H and O–H groups in total. The van der Waals surface area contributed by atoms with Crippen molar-refractivity contribution >= 4 is 28.5 Å². The van der Waals surface area contributed by atoms with Crippen molar-refractivity contribution in [1.82, 2.24) is 0 Å². The van der Waals surface area contributed by atoms with Crippen LogP contribution in [-0.2, 0) is 0 Å². The van der Waals surface area contributed by atoms with Crippen molar-refractivity contribution in [2.45, 2.75) is 139 Å². The Hall–Kier alpha value is -2.81. The maximum absolute atomic E-state index is 5.28. The van der Waals surface area contributed by atoms with Gasteiger partial charge in [0.2, 0.25) is 0 Å². The van der Waals surface area contributed by atoms with E-state index in [9.17, 15) is 0 Å². The van der Waals surface area contributed by atoms with Crippen molar-refractivity contribution in [2.75, 3.05) is 0 Å². The number of hydrogen-bond donors (Lipinski definition) is 0. The second kappa shape index (κ2) is 13.4. The quantitative estimate of drug-likeness (QED) is 0.262. The standard InChI is InChI=1S/C38H55N3/c1-21(2)29-17-31(23(5)6)37(32(18-29)24(7)8)39-27(13)35-15-16-36(41-35)28(14)40-38-33(25(9)10)19-30(22(3)4)20-34(38)26(11)12/h15,17-26H,16H2,1-14H3. The Morgan fingerprint density at radius 1 is 0.537 bits per heavy atom. The molecule has 0 fully saturated rings. The van der Waals surface area contributed by atoms with Crippen LogP contribution in [0.5, 0.6) is 0 Å². The van der Waals surface area contributed by atoms with Crippen LogP contribution >= 0.6 is 0 Å². The Bertz CT molecular complexity index is 1320. The molecular formula is C38H55N3. The highest BCUT2D eigenvalue weighted by Gasteiger charge is 2.21. The van der Waals surface area contributed by atoms with Gasteiger partial charge < -0.3 is 0 Å². The summed E-state index contributed by atoms with van der Waals surface area (Å²) in [7, 11) is 0. The summed E-state index contributed by atoms with van der Waals surface area (Å²) in [5.74, 6) is 2.58. The lowest BCUT2D eigenvalue weighted by Gasteiger charge is -2.21. The molecule has 1 heterocycles. The third kappa shape index (κ3) is 7.53. The van der Waals surface area contributed by atoms with Gasteiger partial charge in [-0.25, -0.2) is 4.99 Å². The third-order valence-electron chi connectivity index (χ3n) is 8.30. The Balaban J connectivity index is 2.06. The first-order valence-electron chi connectivity index (χ1n) is 15.9. The maximum atomic E-state index is 5.28. The molecule has 1 aliphatic heterocycles. The zero-order valence-corrected chi connectivity index (χ0v) is 28.4. The fraction of sp³-hybridized carbons (Fsp3) is 0.553. The van der Waals surface area contributed by atoms with Crippen LogP contribution < -0.4 is 0 Å². The molecule has 0 aromatic heterocycles. The highest BCUT2D eigenvalue weighted by molar-refractivity contribution is 6.43. The summed E-state index contributed by atoms with van der Waals surface area (Å²) in [6.45, 7) is 31.5. The number of hydrogen-bond acceptors (Lipinski definition) is 3. The normalized spacial score (nSPS) is 14.9. The third-order valence-corrected chi connectivity index (χ3v) is 8.30.